The van der Waals surface area contributed by atoms with Gasteiger partial charge in [-0.05, 0) is 37.8 Å². The molecule has 1 saturated carbocycles. The molecule has 0 radical (unpaired) electrons. The molecule has 2 N–H and O–H groups in total. The van der Waals surface area contributed by atoms with Crippen LogP contribution in [0.5, 0.6) is 0 Å². The van der Waals surface area contributed by atoms with Crippen LogP contribution in [0.15, 0.2) is 29.7 Å². The number of nitrogens with two attached hydrogens (primary N) is 1. The van der Waals surface area contributed by atoms with Crippen molar-refractivity contribution in [2.24, 2.45) is 0 Å². The van der Waals surface area contributed by atoms with E-state index in [1.165, 1.54) is 22.9 Å². The fraction of sp³-hybridized carbons (Fsp3) is 0.467. The number of esters is 1. The fourth-order valence-electron chi connectivity index (χ4n) is 2.60. The highest BCUT2D eigenvalue weighted by Crippen LogP contribution is 2.23. The largest absolute Gasteiger partial charge is 0.462 e. The highest BCUT2D eigenvalue weighted by atomic mass is 32.2. The Labute approximate surface area is 138 Å². The first-order chi connectivity index (χ1) is 11.2. The van der Waals surface area contributed by atoms with E-state index in [0.717, 1.165) is 31.2 Å². The molecule has 23 heavy (non-hydrogen) atoms. The Balaban J connectivity index is 1.56. The smallest absolute Gasteiger partial charge is 0.316 e. The lowest BCUT2D eigenvalue weighted by Crippen LogP contribution is -2.22. The number of hydrogen-bond acceptors (Lipinski definition) is 7. The Kier molecular flexibility index (Phi) is 5.12. The van der Waals surface area contributed by atoms with Gasteiger partial charge < -0.3 is 10.6 Å². The van der Waals surface area contributed by atoms with Gasteiger partial charge in [-0.1, -0.05) is 18.2 Å². The van der Waals surface area contributed by atoms with Crippen molar-refractivity contribution < 1.29 is 9.53 Å². The van der Waals surface area contributed by atoms with Crippen LogP contribution in [-0.2, 0) is 9.53 Å². The second kappa shape index (κ2) is 7.45. The number of nitrogen functional groups attached to an aromatic ring is 1. The molecule has 0 atom stereocenters. The maximum atomic E-state index is 11.9. The summed E-state index contributed by atoms with van der Waals surface area (Å²) in [5.74, 6) is 6.50. The van der Waals surface area contributed by atoms with Gasteiger partial charge in [-0.25, -0.2) is 4.68 Å². The van der Waals surface area contributed by atoms with Gasteiger partial charge in [0.05, 0.1) is 5.75 Å². The maximum absolute atomic E-state index is 11.9. The number of nitrogens with zero attached hydrogens (tertiary/aromatic N) is 4. The lowest BCUT2D eigenvalue weighted by Gasteiger charge is -2.21. The number of carbonyl (C=O) groups is 1. The Morgan fingerprint density at radius 2 is 2.00 bits per heavy atom. The van der Waals surface area contributed by atoms with Crippen molar-refractivity contribution in [1.82, 2.24) is 19.9 Å². The van der Waals surface area contributed by atoms with Gasteiger partial charge in [0.25, 0.3) is 0 Å². The average molecular weight is 333 g/mol. The van der Waals surface area contributed by atoms with Crippen LogP contribution in [0, 0.1) is 0 Å². The first kappa shape index (κ1) is 15.8. The summed E-state index contributed by atoms with van der Waals surface area (Å²) in [6.07, 6.45) is 8.84. The zero-order valence-corrected chi connectivity index (χ0v) is 13.5. The molecule has 1 fully saturated rings. The summed E-state index contributed by atoms with van der Waals surface area (Å²) in [5.41, 5.74) is 0.826. The minimum Gasteiger partial charge on any atom is -0.462 e. The summed E-state index contributed by atoms with van der Waals surface area (Å²) in [7, 11) is 0. The molecule has 8 heteroatoms. The second-order valence-electron chi connectivity index (χ2n) is 5.45. The number of aromatic nitrogens is 4. The predicted molar refractivity (Wildman–Crippen MR) is 87.1 cm³/mol. The lowest BCUT2D eigenvalue weighted by atomic mass is 9.98. The van der Waals surface area contributed by atoms with Crippen LogP contribution in [0.1, 0.15) is 32.1 Å². The summed E-state index contributed by atoms with van der Waals surface area (Å²) in [6.45, 7) is 0. The van der Waals surface area contributed by atoms with E-state index in [-0.39, 0.29) is 17.8 Å². The summed E-state index contributed by atoms with van der Waals surface area (Å²) >= 11 is 1.23. The SMILES string of the molecule is Nn1c(SCC(=O)OC2CCCCC2)nnc1-c1ccncc1. The normalized spacial score (nSPS) is 15.5. The van der Waals surface area contributed by atoms with Gasteiger partial charge in [0.15, 0.2) is 5.82 Å². The first-order valence-electron chi connectivity index (χ1n) is 7.67. The van der Waals surface area contributed by atoms with Crippen LogP contribution < -0.4 is 5.84 Å². The lowest BCUT2D eigenvalue weighted by molar-refractivity contribution is -0.147. The molecule has 1 aliphatic carbocycles. The molecule has 0 saturated heterocycles. The third-order valence-electron chi connectivity index (χ3n) is 3.77. The van der Waals surface area contributed by atoms with E-state index in [2.05, 4.69) is 15.2 Å². The summed E-state index contributed by atoms with van der Waals surface area (Å²) in [4.78, 5) is 15.9. The van der Waals surface area contributed by atoms with E-state index in [1.54, 1.807) is 24.5 Å². The molecular weight excluding hydrogens is 314 g/mol. The molecule has 2 aromatic rings. The number of ether oxygens (including phenoxy) is 1. The number of rotatable bonds is 5. The molecule has 2 aromatic heterocycles. The Morgan fingerprint density at radius 3 is 2.74 bits per heavy atom. The number of pyridine rings is 1. The first-order valence-corrected chi connectivity index (χ1v) is 8.66. The van der Waals surface area contributed by atoms with E-state index in [0.29, 0.717) is 11.0 Å². The van der Waals surface area contributed by atoms with E-state index >= 15 is 0 Å². The van der Waals surface area contributed by atoms with Crippen molar-refractivity contribution in [3.05, 3.63) is 24.5 Å². The summed E-state index contributed by atoms with van der Waals surface area (Å²) in [6, 6.07) is 3.61. The van der Waals surface area contributed by atoms with Crippen LogP contribution in [0.4, 0.5) is 0 Å². The molecule has 0 amide bonds. The molecule has 122 valence electrons. The molecule has 2 heterocycles. The molecular formula is C15H19N5O2S. The molecule has 0 unspecified atom stereocenters. The molecule has 1 aliphatic rings. The van der Waals surface area contributed by atoms with Gasteiger partial charge in [-0.15, -0.1) is 10.2 Å². The third kappa shape index (κ3) is 4.01. The minimum absolute atomic E-state index is 0.0694. The van der Waals surface area contributed by atoms with E-state index < -0.39 is 0 Å². The summed E-state index contributed by atoms with van der Waals surface area (Å²) in [5, 5.41) is 8.58. The van der Waals surface area contributed by atoms with Crippen molar-refractivity contribution >= 4 is 17.7 Å². The zero-order chi connectivity index (χ0) is 16.1. The number of hydrogen-bond donors (Lipinski definition) is 1. The second-order valence-corrected chi connectivity index (χ2v) is 6.39. The fourth-order valence-corrected chi connectivity index (χ4v) is 3.24. The number of thioether (sulfide) groups is 1. The van der Waals surface area contributed by atoms with E-state index in [1.807, 2.05) is 0 Å². The Hall–Kier alpha value is -2.09. The van der Waals surface area contributed by atoms with Crippen LogP contribution in [0.25, 0.3) is 11.4 Å². The topological polar surface area (TPSA) is 95.9 Å². The average Bonchev–Trinajstić information content (AvgIpc) is 2.95. The van der Waals surface area contributed by atoms with Gasteiger partial charge in [0.1, 0.15) is 6.10 Å². The minimum atomic E-state index is -0.227. The van der Waals surface area contributed by atoms with Crippen LogP contribution >= 0.6 is 11.8 Å². The highest BCUT2D eigenvalue weighted by Gasteiger charge is 2.19. The molecule has 0 bridgehead atoms. The molecule has 7 nitrogen and oxygen atoms in total. The molecule has 0 aromatic carbocycles. The van der Waals surface area contributed by atoms with Crippen molar-refractivity contribution in [1.29, 1.82) is 0 Å². The van der Waals surface area contributed by atoms with Crippen molar-refractivity contribution in [3.8, 4) is 11.4 Å². The van der Waals surface area contributed by atoms with E-state index in [4.69, 9.17) is 10.6 Å². The van der Waals surface area contributed by atoms with Crippen molar-refractivity contribution in [2.45, 2.75) is 43.4 Å². The van der Waals surface area contributed by atoms with Gasteiger partial charge in [-0.3, -0.25) is 9.78 Å². The van der Waals surface area contributed by atoms with Crippen LogP contribution in [0.3, 0.4) is 0 Å². The van der Waals surface area contributed by atoms with Gasteiger partial charge in [-0.2, -0.15) is 0 Å². The van der Waals surface area contributed by atoms with Crippen LogP contribution in [0.2, 0.25) is 0 Å². The van der Waals surface area contributed by atoms with Gasteiger partial charge >= 0.3 is 5.97 Å². The zero-order valence-electron chi connectivity index (χ0n) is 12.7. The molecule has 0 aliphatic heterocycles. The predicted octanol–water partition coefficient (Wildman–Crippen LogP) is 2.02. The third-order valence-corrected chi connectivity index (χ3v) is 4.69. The van der Waals surface area contributed by atoms with Gasteiger partial charge in [0.2, 0.25) is 5.16 Å². The summed E-state index contributed by atoms with van der Waals surface area (Å²) < 4.78 is 6.86. The molecule has 0 spiro atoms. The highest BCUT2D eigenvalue weighted by molar-refractivity contribution is 7.99. The standard InChI is InChI=1S/C15H19N5O2S/c16-20-14(11-6-8-17-9-7-11)18-19-15(20)23-10-13(21)22-12-4-2-1-3-5-12/h6-9,12H,1-5,10,16H2. The van der Waals surface area contributed by atoms with E-state index in [9.17, 15) is 4.79 Å². The molecule has 3 rings (SSSR count). The van der Waals surface area contributed by atoms with Crippen molar-refractivity contribution in [2.75, 3.05) is 11.6 Å². The maximum Gasteiger partial charge on any atom is 0.316 e. The quantitative estimate of drug-likeness (QED) is 0.508. The Bertz CT molecular complexity index is 655. The van der Waals surface area contributed by atoms with Crippen molar-refractivity contribution in [3.63, 3.8) is 0 Å². The van der Waals surface area contributed by atoms with Gasteiger partial charge in [0, 0.05) is 18.0 Å². The monoisotopic (exact) mass is 333 g/mol. The number of carbonyl (C=O) groups excluding carboxylic acids is 1. The van der Waals surface area contributed by atoms with Crippen LogP contribution in [-0.4, -0.2) is 37.7 Å². The Morgan fingerprint density at radius 1 is 1.26 bits per heavy atom.